The Kier molecular flexibility index (Phi) is 2.36. The smallest absolute Gasteiger partial charge is 0.233 e. The molecule has 0 radical (unpaired) electrons. The third-order valence-corrected chi connectivity index (χ3v) is 3.52. The first-order valence-corrected chi connectivity index (χ1v) is 6.67. The average Bonchev–Trinajstić information content (AvgIpc) is 2.98. The highest BCUT2D eigenvalue weighted by molar-refractivity contribution is 5.80. The molecule has 2 aromatic carbocycles. The maximum absolute atomic E-state index is 4.56. The van der Waals surface area contributed by atoms with E-state index in [1.54, 1.807) is 0 Å². The van der Waals surface area contributed by atoms with E-state index in [4.69, 9.17) is 0 Å². The Morgan fingerprint density at radius 1 is 0.900 bits per heavy atom. The van der Waals surface area contributed by atoms with E-state index in [9.17, 15) is 0 Å². The van der Waals surface area contributed by atoms with Crippen molar-refractivity contribution in [2.45, 2.75) is 13.5 Å². The van der Waals surface area contributed by atoms with E-state index in [2.05, 4.69) is 57.1 Å². The third-order valence-electron chi connectivity index (χ3n) is 3.52. The molecule has 4 aromatic rings. The van der Waals surface area contributed by atoms with Gasteiger partial charge in [0.1, 0.15) is 5.82 Å². The van der Waals surface area contributed by atoms with Gasteiger partial charge in [-0.1, -0.05) is 42.5 Å². The summed E-state index contributed by atoms with van der Waals surface area (Å²) < 4.78 is 4.14. The molecule has 0 unspecified atom stereocenters. The van der Waals surface area contributed by atoms with Crippen LogP contribution in [0, 0.1) is 6.92 Å². The molecule has 4 heteroatoms. The summed E-state index contributed by atoms with van der Waals surface area (Å²) in [5.41, 5.74) is 3.52. The lowest BCUT2D eigenvalue weighted by Gasteiger charge is -2.04. The Hall–Kier alpha value is -2.62. The molecule has 0 saturated heterocycles. The van der Waals surface area contributed by atoms with E-state index in [1.807, 2.05) is 23.6 Å². The number of benzene rings is 2. The minimum atomic E-state index is 0.799. The first-order chi connectivity index (χ1) is 9.83. The number of fused-ring (bicyclic) bond motifs is 3. The van der Waals surface area contributed by atoms with Crippen molar-refractivity contribution in [1.82, 2.24) is 19.2 Å². The van der Waals surface area contributed by atoms with E-state index < -0.39 is 0 Å². The average molecular weight is 262 g/mol. The summed E-state index contributed by atoms with van der Waals surface area (Å²) in [6, 6.07) is 18.7. The second-order valence-electron chi connectivity index (χ2n) is 4.93. The second-order valence-corrected chi connectivity index (χ2v) is 4.93. The fraction of sp³-hybridized carbons (Fsp3) is 0.125. The Balaban J connectivity index is 1.99. The zero-order chi connectivity index (χ0) is 13.5. The summed E-state index contributed by atoms with van der Waals surface area (Å²) in [7, 11) is 0. The van der Waals surface area contributed by atoms with Crippen LogP contribution in [0.2, 0.25) is 0 Å². The molecule has 0 saturated carbocycles. The summed E-state index contributed by atoms with van der Waals surface area (Å²) >= 11 is 0. The van der Waals surface area contributed by atoms with Crippen LogP contribution in [0.1, 0.15) is 11.4 Å². The van der Waals surface area contributed by atoms with Crippen LogP contribution in [0.5, 0.6) is 0 Å². The Labute approximate surface area is 116 Å². The molecule has 0 aliphatic carbocycles. The number of hydrogen-bond acceptors (Lipinski definition) is 2. The monoisotopic (exact) mass is 262 g/mol. The minimum Gasteiger partial charge on any atom is -0.304 e. The number of imidazole rings is 1. The predicted molar refractivity (Wildman–Crippen MR) is 78.8 cm³/mol. The van der Waals surface area contributed by atoms with Gasteiger partial charge < -0.3 is 4.57 Å². The molecule has 2 aromatic heterocycles. The van der Waals surface area contributed by atoms with Gasteiger partial charge in [-0.05, 0) is 24.6 Å². The van der Waals surface area contributed by atoms with Crippen LogP contribution in [0.25, 0.3) is 16.8 Å². The van der Waals surface area contributed by atoms with Crippen LogP contribution in [0.4, 0.5) is 0 Å². The quantitative estimate of drug-likeness (QED) is 0.556. The highest BCUT2D eigenvalue weighted by Gasteiger charge is 2.13. The lowest BCUT2D eigenvalue weighted by atomic mass is 10.2. The molecule has 0 atom stereocenters. The Morgan fingerprint density at radius 3 is 2.40 bits per heavy atom. The fourth-order valence-electron chi connectivity index (χ4n) is 2.64. The van der Waals surface area contributed by atoms with Gasteiger partial charge in [-0.15, -0.1) is 5.10 Å². The number of para-hydroxylation sites is 2. The SMILES string of the molecule is Cc1nc2n(Cc3ccccc3)c3ccccc3n2n1. The lowest BCUT2D eigenvalue weighted by molar-refractivity contribution is 0.839. The van der Waals surface area contributed by atoms with Crippen LogP contribution in [-0.2, 0) is 6.54 Å². The number of aromatic nitrogens is 4. The molecule has 4 nitrogen and oxygen atoms in total. The molecule has 0 aliphatic rings. The highest BCUT2D eigenvalue weighted by Crippen LogP contribution is 2.20. The minimum absolute atomic E-state index is 0.799. The van der Waals surface area contributed by atoms with E-state index in [0.717, 1.165) is 29.2 Å². The van der Waals surface area contributed by atoms with Crippen LogP contribution in [0.15, 0.2) is 54.6 Å². The van der Waals surface area contributed by atoms with Crippen LogP contribution >= 0.6 is 0 Å². The standard InChI is InChI=1S/C16H14N4/c1-12-17-16-19(11-13-7-3-2-4-8-13)14-9-5-6-10-15(14)20(16)18-12/h2-10H,11H2,1H3. The fourth-order valence-corrected chi connectivity index (χ4v) is 2.64. The normalized spacial score (nSPS) is 11.4. The van der Waals surface area contributed by atoms with Crippen molar-refractivity contribution in [2.75, 3.05) is 0 Å². The molecule has 0 aliphatic heterocycles. The van der Waals surface area contributed by atoms with Gasteiger partial charge in [-0.25, -0.2) is 0 Å². The van der Waals surface area contributed by atoms with Crippen LogP contribution in [0.3, 0.4) is 0 Å². The Bertz CT molecular complexity index is 887. The zero-order valence-corrected chi connectivity index (χ0v) is 11.2. The first-order valence-electron chi connectivity index (χ1n) is 6.67. The molecule has 98 valence electrons. The summed E-state index contributed by atoms with van der Waals surface area (Å²) in [5, 5.41) is 4.49. The second kappa shape index (κ2) is 4.20. The van der Waals surface area contributed by atoms with Gasteiger partial charge in [0, 0.05) is 0 Å². The highest BCUT2D eigenvalue weighted by atomic mass is 15.4. The van der Waals surface area contributed by atoms with Crippen molar-refractivity contribution < 1.29 is 0 Å². The molecule has 0 N–H and O–H groups in total. The van der Waals surface area contributed by atoms with E-state index in [1.165, 1.54) is 5.56 Å². The topological polar surface area (TPSA) is 35.1 Å². The van der Waals surface area contributed by atoms with Crippen molar-refractivity contribution in [2.24, 2.45) is 0 Å². The summed E-state index contributed by atoms with van der Waals surface area (Å²) in [5.74, 6) is 1.69. The third kappa shape index (κ3) is 1.61. The van der Waals surface area contributed by atoms with Crippen molar-refractivity contribution in [3.8, 4) is 0 Å². The number of nitrogens with zero attached hydrogens (tertiary/aromatic N) is 4. The molecule has 20 heavy (non-hydrogen) atoms. The van der Waals surface area contributed by atoms with Crippen LogP contribution < -0.4 is 0 Å². The van der Waals surface area contributed by atoms with Crippen molar-refractivity contribution in [3.63, 3.8) is 0 Å². The van der Waals surface area contributed by atoms with Gasteiger partial charge in [0.2, 0.25) is 5.78 Å². The summed E-state index contributed by atoms with van der Waals surface area (Å²) in [6.07, 6.45) is 0. The number of hydrogen-bond donors (Lipinski definition) is 0. The molecule has 2 heterocycles. The molecular weight excluding hydrogens is 248 g/mol. The molecule has 0 amide bonds. The van der Waals surface area contributed by atoms with Crippen molar-refractivity contribution in [1.29, 1.82) is 0 Å². The Morgan fingerprint density at radius 2 is 1.60 bits per heavy atom. The molecular formula is C16H14N4. The summed E-state index contributed by atoms with van der Waals surface area (Å²) in [6.45, 7) is 2.73. The van der Waals surface area contributed by atoms with Gasteiger partial charge >= 0.3 is 0 Å². The first kappa shape index (κ1) is 11.2. The van der Waals surface area contributed by atoms with Crippen LogP contribution in [-0.4, -0.2) is 19.2 Å². The van der Waals surface area contributed by atoms with Crippen molar-refractivity contribution >= 4 is 16.8 Å². The molecule has 4 rings (SSSR count). The molecule has 0 bridgehead atoms. The van der Waals surface area contributed by atoms with E-state index >= 15 is 0 Å². The lowest BCUT2D eigenvalue weighted by Crippen LogP contribution is -2.00. The maximum atomic E-state index is 4.56. The van der Waals surface area contributed by atoms with Crippen molar-refractivity contribution in [3.05, 3.63) is 66.0 Å². The molecule has 0 fully saturated rings. The largest absolute Gasteiger partial charge is 0.304 e. The van der Waals surface area contributed by atoms with Gasteiger partial charge in [-0.3, -0.25) is 0 Å². The van der Waals surface area contributed by atoms with E-state index in [0.29, 0.717) is 0 Å². The maximum Gasteiger partial charge on any atom is 0.233 e. The number of rotatable bonds is 2. The van der Waals surface area contributed by atoms with Gasteiger partial charge in [-0.2, -0.15) is 9.50 Å². The summed E-state index contributed by atoms with van der Waals surface area (Å²) in [4.78, 5) is 4.56. The molecule has 0 spiro atoms. The van der Waals surface area contributed by atoms with Gasteiger partial charge in [0.05, 0.1) is 17.6 Å². The number of aryl methyl sites for hydroxylation is 1. The van der Waals surface area contributed by atoms with Gasteiger partial charge in [0.15, 0.2) is 0 Å². The van der Waals surface area contributed by atoms with Gasteiger partial charge in [0.25, 0.3) is 0 Å². The zero-order valence-electron chi connectivity index (χ0n) is 11.2. The van der Waals surface area contributed by atoms with E-state index in [-0.39, 0.29) is 0 Å². The predicted octanol–water partition coefficient (Wildman–Crippen LogP) is 3.04.